The molecule has 0 unspecified atom stereocenters. The van der Waals surface area contributed by atoms with Crippen LogP contribution in [-0.4, -0.2) is 35.1 Å². The molecule has 0 saturated heterocycles. The van der Waals surface area contributed by atoms with Crippen LogP contribution in [0.5, 0.6) is 11.5 Å². The van der Waals surface area contributed by atoms with Crippen LogP contribution in [0, 0.1) is 5.92 Å². The van der Waals surface area contributed by atoms with Crippen molar-refractivity contribution in [3.8, 4) is 22.8 Å². The number of anilines is 1. The lowest BCUT2D eigenvalue weighted by Gasteiger charge is -2.14. The molecule has 0 spiro atoms. The number of nitrogens with one attached hydrogen (secondary N) is 1. The second kappa shape index (κ2) is 6.78. The summed E-state index contributed by atoms with van der Waals surface area (Å²) in [6.45, 7) is 5.14. The molecular weight excluding hydrogens is 304 g/mol. The van der Waals surface area contributed by atoms with Crippen molar-refractivity contribution < 1.29 is 9.47 Å². The van der Waals surface area contributed by atoms with Gasteiger partial charge in [0.25, 0.3) is 0 Å². The molecule has 0 amide bonds. The highest BCUT2D eigenvalue weighted by Crippen LogP contribution is 2.37. The quantitative estimate of drug-likeness (QED) is 0.751. The Morgan fingerprint density at radius 3 is 2.75 bits per heavy atom. The molecule has 3 rings (SSSR count). The van der Waals surface area contributed by atoms with E-state index in [0.717, 1.165) is 29.3 Å². The van der Waals surface area contributed by atoms with Gasteiger partial charge in [0.1, 0.15) is 0 Å². The number of aromatic nitrogens is 3. The zero-order valence-corrected chi connectivity index (χ0v) is 14.4. The lowest BCUT2D eigenvalue weighted by Crippen LogP contribution is -2.11. The molecule has 0 saturated carbocycles. The fraction of sp³-hybridized carbons (Fsp3) is 0.333. The summed E-state index contributed by atoms with van der Waals surface area (Å²) in [4.78, 5) is 9.16. The molecule has 6 nitrogen and oxygen atoms in total. The van der Waals surface area contributed by atoms with E-state index in [2.05, 4.69) is 24.1 Å². The normalized spacial score (nSPS) is 11.0. The van der Waals surface area contributed by atoms with Gasteiger partial charge < -0.3 is 19.2 Å². The molecule has 3 aromatic rings. The highest BCUT2D eigenvalue weighted by Gasteiger charge is 2.15. The Morgan fingerprint density at radius 1 is 1.21 bits per heavy atom. The maximum atomic E-state index is 5.54. The standard InChI is InChI=1S/C18H22N4O2/c1-12(2)10-20-17-18-19-8-9-22(18)11-14(21-17)13-6-5-7-15(23-3)16(13)24-4/h5-9,11-12H,10H2,1-4H3,(H,20,21). The van der Waals surface area contributed by atoms with E-state index in [4.69, 9.17) is 14.5 Å². The molecule has 6 heteroatoms. The molecule has 0 bridgehead atoms. The second-order valence-corrected chi connectivity index (χ2v) is 5.95. The van der Waals surface area contributed by atoms with Gasteiger partial charge in [-0.15, -0.1) is 0 Å². The van der Waals surface area contributed by atoms with Gasteiger partial charge in [-0.25, -0.2) is 9.97 Å². The zero-order valence-electron chi connectivity index (χ0n) is 14.4. The largest absolute Gasteiger partial charge is 0.493 e. The van der Waals surface area contributed by atoms with Crippen LogP contribution in [0.4, 0.5) is 5.82 Å². The molecule has 0 aliphatic rings. The van der Waals surface area contributed by atoms with E-state index in [1.807, 2.05) is 35.0 Å². The van der Waals surface area contributed by atoms with Gasteiger partial charge >= 0.3 is 0 Å². The first kappa shape index (κ1) is 16.1. The Hall–Kier alpha value is -2.76. The van der Waals surface area contributed by atoms with Crippen LogP contribution in [0.1, 0.15) is 13.8 Å². The molecule has 0 aliphatic heterocycles. The number of hydrogen-bond donors (Lipinski definition) is 1. The van der Waals surface area contributed by atoms with Gasteiger partial charge in [0, 0.05) is 30.7 Å². The number of fused-ring (bicyclic) bond motifs is 1. The highest BCUT2D eigenvalue weighted by atomic mass is 16.5. The van der Waals surface area contributed by atoms with Crippen LogP contribution in [0.25, 0.3) is 16.9 Å². The predicted octanol–water partition coefficient (Wildman–Crippen LogP) is 3.48. The summed E-state index contributed by atoms with van der Waals surface area (Å²) in [6.07, 6.45) is 5.62. The van der Waals surface area contributed by atoms with Crippen molar-refractivity contribution in [3.63, 3.8) is 0 Å². The molecule has 1 aromatic carbocycles. The number of imidazole rings is 1. The Balaban J connectivity index is 2.13. The van der Waals surface area contributed by atoms with E-state index in [1.54, 1.807) is 20.4 Å². The van der Waals surface area contributed by atoms with Crippen LogP contribution in [0.15, 0.2) is 36.8 Å². The average Bonchev–Trinajstić information content (AvgIpc) is 3.07. The molecule has 1 N–H and O–H groups in total. The van der Waals surface area contributed by atoms with Crippen molar-refractivity contribution >= 4 is 11.5 Å². The number of benzene rings is 1. The van der Waals surface area contributed by atoms with Crippen molar-refractivity contribution in [3.05, 3.63) is 36.8 Å². The van der Waals surface area contributed by atoms with Crippen molar-refractivity contribution in [1.29, 1.82) is 0 Å². The number of para-hydroxylation sites is 1. The minimum atomic E-state index is 0.511. The Kier molecular flexibility index (Phi) is 4.55. The number of ether oxygens (including phenoxy) is 2. The van der Waals surface area contributed by atoms with E-state index in [-0.39, 0.29) is 0 Å². The van der Waals surface area contributed by atoms with Crippen molar-refractivity contribution in [2.24, 2.45) is 5.92 Å². The van der Waals surface area contributed by atoms with E-state index in [1.165, 1.54) is 0 Å². The maximum Gasteiger partial charge on any atom is 0.180 e. The zero-order chi connectivity index (χ0) is 17.1. The minimum absolute atomic E-state index is 0.511. The summed E-state index contributed by atoms with van der Waals surface area (Å²) >= 11 is 0. The topological polar surface area (TPSA) is 60.7 Å². The monoisotopic (exact) mass is 326 g/mol. The predicted molar refractivity (Wildman–Crippen MR) is 94.9 cm³/mol. The first-order valence-electron chi connectivity index (χ1n) is 7.93. The summed E-state index contributed by atoms with van der Waals surface area (Å²) in [5.74, 6) is 2.62. The molecule has 24 heavy (non-hydrogen) atoms. The SMILES string of the molecule is COc1cccc(-c2cn3ccnc3c(NCC(C)C)n2)c1OC. The molecule has 2 aromatic heterocycles. The highest BCUT2D eigenvalue weighted by molar-refractivity contribution is 5.74. The number of rotatable bonds is 6. The van der Waals surface area contributed by atoms with E-state index >= 15 is 0 Å². The third-order valence-corrected chi connectivity index (χ3v) is 3.73. The lowest BCUT2D eigenvalue weighted by atomic mass is 10.1. The third kappa shape index (κ3) is 2.99. The van der Waals surface area contributed by atoms with Gasteiger partial charge in [-0.3, -0.25) is 0 Å². The third-order valence-electron chi connectivity index (χ3n) is 3.73. The first-order valence-corrected chi connectivity index (χ1v) is 7.93. The summed E-state index contributed by atoms with van der Waals surface area (Å²) in [7, 11) is 3.26. The Bertz CT molecular complexity index is 842. The molecule has 2 heterocycles. The van der Waals surface area contributed by atoms with Crippen LogP contribution in [-0.2, 0) is 0 Å². The van der Waals surface area contributed by atoms with E-state index in [0.29, 0.717) is 17.4 Å². The molecule has 0 atom stereocenters. The first-order chi connectivity index (χ1) is 11.6. The van der Waals surface area contributed by atoms with Gasteiger partial charge in [-0.2, -0.15) is 0 Å². The second-order valence-electron chi connectivity index (χ2n) is 5.95. The van der Waals surface area contributed by atoms with Crippen LogP contribution in [0.3, 0.4) is 0 Å². The van der Waals surface area contributed by atoms with Crippen LogP contribution in [0.2, 0.25) is 0 Å². The van der Waals surface area contributed by atoms with Gasteiger partial charge in [-0.05, 0) is 18.1 Å². The summed E-state index contributed by atoms with van der Waals surface area (Å²) in [5.41, 5.74) is 2.48. The number of hydrogen-bond acceptors (Lipinski definition) is 5. The fourth-order valence-corrected chi connectivity index (χ4v) is 2.57. The van der Waals surface area contributed by atoms with Crippen LogP contribution >= 0.6 is 0 Å². The van der Waals surface area contributed by atoms with Gasteiger partial charge in [0.05, 0.1) is 19.9 Å². The maximum absolute atomic E-state index is 5.54. The van der Waals surface area contributed by atoms with Crippen molar-refractivity contribution in [2.75, 3.05) is 26.1 Å². The smallest absolute Gasteiger partial charge is 0.180 e. The summed E-state index contributed by atoms with van der Waals surface area (Å²) in [6, 6.07) is 5.77. The fourth-order valence-electron chi connectivity index (χ4n) is 2.57. The summed E-state index contributed by atoms with van der Waals surface area (Å²) < 4.78 is 12.9. The van der Waals surface area contributed by atoms with Crippen molar-refractivity contribution in [2.45, 2.75) is 13.8 Å². The minimum Gasteiger partial charge on any atom is -0.493 e. The van der Waals surface area contributed by atoms with Crippen LogP contribution < -0.4 is 14.8 Å². The van der Waals surface area contributed by atoms with Gasteiger partial charge in [-0.1, -0.05) is 19.9 Å². The molecular formula is C18H22N4O2. The van der Waals surface area contributed by atoms with Gasteiger partial charge in [0.2, 0.25) is 0 Å². The number of methoxy groups -OCH3 is 2. The number of nitrogens with zero attached hydrogens (tertiary/aromatic N) is 3. The molecule has 0 fully saturated rings. The average molecular weight is 326 g/mol. The Morgan fingerprint density at radius 2 is 2.04 bits per heavy atom. The van der Waals surface area contributed by atoms with E-state index < -0.39 is 0 Å². The summed E-state index contributed by atoms with van der Waals surface area (Å²) in [5, 5.41) is 3.38. The van der Waals surface area contributed by atoms with E-state index in [9.17, 15) is 0 Å². The molecule has 126 valence electrons. The van der Waals surface area contributed by atoms with Gasteiger partial charge in [0.15, 0.2) is 23.0 Å². The Labute approximate surface area is 141 Å². The van der Waals surface area contributed by atoms with Crippen molar-refractivity contribution in [1.82, 2.24) is 14.4 Å². The lowest BCUT2D eigenvalue weighted by molar-refractivity contribution is 0.356. The molecule has 0 aliphatic carbocycles. The molecule has 0 radical (unpaired) electrons.